The molecule has 1 aromatic rings. The fraction of sp³-hybridized carbons (Fsp3) is 0.500. The van der Waals surface area contributed by atoms with Crippen molar-refractivity contribution >= 4 is 11.6 Å². The molecule has 1 unspecified atom stereocenters. The molecule has 1 heterocycles. The minimum atomic E-state index is -0.172. The molecule has 5 nitrogen and oxygen atoms in total. The number of hydrogen-bond donors (Lipinski definition) is 2. The summed E-state index contributed by atoms with van der Waals surface area (Å²) in [4.78, 5) is 16.0. The number of hydrogen-bond acceptors (Lipinski definition) is 4. The van der Waals surface area contributed by atoms with Gasteiger partial charge < -0.3 is 15.8 Å². The number of nitrogens with one attached hydrogen (secondary N) is 1. The molecule has 0 saturated carbocycles. The molecule has 17 heavy (non-hydrogen) atoms. The number of amides is 1. The van der Waals surface area contributed by atoms with Gasteiger partial charge in [-0.3, -0.25) is 9.78 Å². The van der Waals surface area contributed by atoms with Crippen molar-refractivity contribution in [2.45, 2.75) is 26.8 Å². The molecular formula is C12H19N3O2. The van der Waals surface area contributed by atoms with Gasteiger partial charge in [0.15, 0.2) is 0 Å². The first-order valence-corrected chi connectivity index (χ1v) is 5.65. The topological polar surface area (TPSA) is 77.2 Å². The molecule has 0 aromatic carbocycles. The normalized spacial score (nSPS) is 12.2. The molecule has 0 fully saturated rings. The lowest BCUT2D eigenvalue weighted by Crippen LogP contribution is -2.36. The predicted molar refractivity (Wildman–Crippen MR) is 66.8 cm³/mol. The van der Waals surface area contributed by atoms with Crippen LogP contribution in [0, 0.1) is 6.92 Å². The molecule has 0 aliphatic heterocycles. The van der Waals surface area contributed by atoms with Crippen molar-refractivity contribution in [2.24, 2.45) is 0 Å². The first kappa shape index (κ1) is 13.4. The number of anilines is 1. The molecule has 5 heteroatoms. The largest absolute Gasteiger partial charge is 0.397 e. The summed E-state index contributed by atoms with van der Waals surface area (Å²) >= 11 is 0. The van der Waals surface area contributed by atoms with Gasteiger partial charge in [0.05, 0.1) is 29.7 Å². The maximum Gasteiger partial charge on any atom is 0.253 e. The number of aromatic nitrogens is 1. The van der Waals surface area contributed by atoms with Crippen LogP contribution in [0.15, 0.2) is 12.3 Å². The minimum absolute atomic E-state index is 0.0386. The first-order valence-electron chi connectivity index (χ1n) is 5.65. The summed E-state index contributed by atoms with van der Waals surface area (Å²) < 4.78 is 5.23. The van der Waals surface area contributed by atoms with Crippen molar-refractivity contribution in [1.82, 2.24) is 10.3 Å². The van der Waals surface area contributed by atoms with Crippen LogP contribution in [-0.2, 0) is 4.74 Å². The number of ether oxygens (including phenoxy) is 1. The van der Waals surface area contributed by atoms with Crippen molar-refractivity contribution in [3.05, 3.63) is 23.5 Å². The third kappa shape index (κ3) is 4.03. The van der Waals surface area contributed by atoms with Crippen LogP contribution in [0.2, 0.25) is 0 Å². The molecular weight excluding hydrogens is 218 g/mol. The summed E-state index contributed by atoms with van der Waals surface area (Å²) in [6, 6.07) is 1.59. The zero-order chi connectivity index (χ0) is 12.8. The van der Waals surface area contributed by atoms with Crippen LogP contribution in [0.4, 0.5) is 5.69 Å². The standard InChI is InChI=1S/C12H19N3O2/c1-4-17-7-8(2)15-12(16)11-5-10(13)6-14-9(11)3/h5-6,8H,4,7,13H2,1-3H3,(H,15,16). The summed E-state index contributed by atoms with van der Waals surface area (Å²) in [6.45, 7) is 6.72. The number of nitrogen functional groups attached to an aromatic ring is 1. The average Bonchev–Trinajstić information content (AvgIpc) is 2.29. The second-order valence-corrected chi connectivity index (χ2v) is 3.94. The second-order valence-electron chi connectivity index (χ2n) is 3.94. The van der Waals surface area contributed by atoms with Gasteiger partial charge in [-0.2, -0.15) is 0 Å². The van der Waals surface area contributed by atoms with Gasteiger partial charge in [0.1, 0.15) is 0 Å². The van der Waals surface area contributed by atoms with Crippen LogP contribution in [-0.4, -0.2) is 30.1 Å². The zero-order valence-electron chi connectivity index (χ0n) is 10.5. The minimum Gasteiger partial charge on any atom is -0.397 e. The van der Waals surface area contributed by atoms with E-state index in [2.05, 4.69) is 10.3 Å². The van der Waals surface area contributed by atoms with Crippen LogP contribution < -0.4 is 11.1 Å². The quantitative estimate of drug-likeness (QED) is 0.804. The lowest BCUT2D eigenvalue weighted by Gasteiger charge is -2.14. The summed E-state index contributed by atoms with van der Waals surface area (Å²) in [5.74, 6) is -0.172. The molecule has 1 amide bonds. The van der Waals surface area contributed by atoms with E-state index in [0.29, 0.717) is 30.2 Å². The van der Waals surface area contributed by atoms with Crippen LogP contribution >= 0.6 is 0 Å². The molecule has 0 bridgehead atoms. The van der Waals surface area contributed by atoms with Crippen LogP contribution in [0.1, 0.15) is 29.9 Å². The maximum absolute atomic E-state index is 11.9. The fourth-order valence-electron chi connectivity index (χ4n) is 1.42. The first-order chi connectivity index (χ1) is 8.04. The number of pyridine rings is 1. The van der Waals surface area contributed by atoms with E-state index in [-0.39, 0.29) is 11.9 Å². The number of carbonyl (C=O) groups excluding carboxylic acids is 1. The van der Waals surface area contributed by atoms with E-state index in [1.54, 1.807) is 13.0 Å². The Morgan fingerprint density at radius 1 is 1.65 bits per heavy atom. The van der Waals surface area contributed by atoms with Crippen molar-refractivity contribution < 1.29 is 9.53 Å². The van der Waals surface area contributed by atoms with E-state index in [0.717, 1.165) is 0 Å². The molecule has 3 N–H and O–H groups in total. The number of aryl methyl sites for hydroxylation is 1. The predicted octanol–water partition coefficient (Wildman–Crippen LogP) is 1.13. The van der Waals surface area contributed by atoms with E-state index in [4.69, 9.17) is 10.5 Å². The Bertz CT molecular complexity index is 393. The zero-order valence-corrected chi connectivity index (χ0v) is 10.5. The molecule has 0 saturated heterocycles. The average molecular weight is 237 g/mol. The van der Waals surface area contributed by atoms with Gasteiger partial charge in [-0.1, -0.05) is 0 Å². The molecule has 1 atom stereocenters. The van der Waals surface area contributed by atoms with Crippen LogP contribution in [0.25, 0.3) is 0 Å². The lowest BCUT2D eigenvalue weighted by atomic mass is 10.1. The Kier molecular flexibility index (Phi) is 4.90. The molecule has 0 aliphatic rings. The fourth-order valence-corrected chi connectivity index (χ4v) is 1.42. The van der Waals surface area contributed by atoms with Crippen molar-refractivity contribution in [1.29, 1.82) is 0 Å². The number of carbonyl (C=O) groups is 1. The Labute approximate surface area is 101 Å². The maximum atomic E-state index is 11.9. The number of nitrogens with two attached hydrogens (primary N) is 1. The third-order valence-corrected chi connectivity index (χ3v) is 2.30. The Morgan fingerprint density at radius 3 is 3.00 bits per heavy atom. The van der Waals surface area contributed by atoms with Gasteiger partial charge >= 0.3 is 0 Å². The summed E-state index contributed by atoms with van der Waals surface area (Å²) in [5.41, 5.74) is 7.27. The second kappa shape index (κ2) is 6.20. The van der Waals surface area contributed by atoms with E-state index in [9.17, 15) is 4.79 Å². The summed E-state index contributed by atoms with van der Waals surface area (Å²) in [7, 11) is 0. The monoisotopic (exact) mass is 237 g/mol. The van der Waals surface area contributed by atoms with Gasteiger partial charge in [-0.25, -0.2) is 0 Å². The number of nitrogens with zero attached hydrogens (tertiary/aromatic N) is 1. The Hall–Kier alpha value is -1.62. The molecule has 0 radical (unpaired) electrons. The lowest BCUT2D eigenvalue weighted by molar-refractivity contribution is 0.0871. The van der Waals surface area contributed by atoms with Crippen LogP contribution in [0.3, 0.4) is 0 Å². The molecule has 0 spiro atoms. The van der Waals surface area contributed by atoms with Crippen molar-refractivity contribution in [3.8, 4) is 0 Å². The highest BCUT2D eigenvalue weighted by molar-refractivity contribution is 5.96. The van der Waals surface area contributed by atoms with Gasteiger partial charge in [-0.05, 0) is 26.8 Å². The third-order valence-electron chi connectivity index (χ3n) is 2.30. The molecule has 94 valence electrons. The van der Waals surface area contributed by atoms with Gasteiger partial charge in [-0.15, -0.1) is 0 Å². The van der Waals surface area contributed by atoms with E-state index >= 15 is 0 Å². The summed E-state index contributed by atoms with van der Waals surface area (Å²) in [5, 5.41) is 2.84. The van der Waals surface area contributed by atoms with Crippen molar-refractivity contribution in [2.75, 3.05) is 18.9 Å². The molecule has 0 aliphatic carbocycles. The van der Waals surface area contributed by atoms with Crippen LogP contribution in [0.5, 0.6) is 0 Å². The number of rotatable bonds is 5. The highest BCUT2D eigenvalue weighted by atomic mass is 16.5. The Balaban J connectivity index is 2.66. The SMILES string of the molecule is CCOCC(C)NC(=O)c1cc(N)cnc1C. The van der Waals surface area contributed by atoms with E-state index < -0.39 is 0 Å². The Morgan fingerprint density at radius 2 is 2.35 bits per heavy atom. The van der Waals surface area contributed by atoms with Gasteiger partial charge in [0.25, 0.3) is 5.91 Å². The highest BCUT2D eigenvalue weighted by Gasteiger charge is 2.13. The smallest absolute Gasteiger partial charge is 0.253 e. The summed E-state index contributed by atoms with van der Waals surface area (Å²) in [6.07, 6.45) is 1.54. The van der Waals surface area contributed by atoms with Gasteiger partial charge in [0.2, 0.25) is 0 Å². The molecule has 1 rings (SSSR count). The molecule has 1 aromatic heterocycles. The van der Waals surface area contributed by atoms with Crippen molar-refractivity contribution in [3.63, 3.8) is 0 Å². The van der Waals surface area contributed by atoms with E-state index in [1.807, 2.05) is 13.8 Å². The van der Waals surface area contributed by atoms with Gasteiger partial charge in [0, 0.05) is 12.6 Å². The highest BCUT2D eigenvalue weighted by Crippen LogP contribution is 2.09. The van der Waals surface area contributed by atoms with E-state index in [1.165, 1.54) is 6.20 Å².